The summed E-state index contributed by atoms with van der Waals surface area (Å²) >= 11 is 0. The van der Waals surface area contributed by atoms with Crippen LogP contribution in [0.3, 0.4) is 0 Å². The van der Waals surface area contributed by atoms with E-state index in [4.69, 9.17) is 19.8 Å². The van der Waals surface area contributed by atoms with Gasteiger partial charge in [-0.25, -0.2) is 9.59 Å². The van der Waals surface area contributed by atoms with E-state index in [0.29, 0.717) is 31.1 Å². The van der Waals surface area contributed by atoms with Gasteiger partial charge in [0, 0.05) is 43.5 Å². The SMILES string of the molecule is O=C(CCNCCc1cccc(-c2ccccc2)c1)N(CCNCCc1ccc(O)c2[nH]c(=O)ccc12)C1CCCCCC1.O=C(O)C(F)(F)F.O=C(O)C(F)(F)F. The fourth-order valence-corrected chi connectivity index (χ4v) is 6.38. The van der Waals surface area contributed by atoms with Crippen LogP contribution in [-0.4, -0.2) is 94.2 Å². The van der Waals surface area contributed by atoms with E-state index < -0.39 is 24.3 Å². The molecule has 0 radical (unpaired) electrons. The Hall–Kier alpha value is -5.42. The minimum atomic E-state index is -5.08. The molecule has 0 bridgehead atoms. The van der Waals surface area contributed by atoms with Gasteiger partial charge in [-0.3, -0.25) is 9.59 Å². The van der Waals surface area contributed by atoms with Crippen LogP contribution >= 0.6 is 0 Å². The van der Waals surface area contributed by atoms with Crippen LogP contribution < -0.4 is 16.2 Å². The van der Waals surface area contributed by atoms with Gasteiger partial charge >= 0.3 is 24.3 Å². The number of alkyl halides is 6. The zero-order valence-corrected chi connectivity index (χ0v) is 31.7. The number of nitrogens with zero attached hydrogens (tertiary/aromatic N) is 1. The molecule has 5 rings (SSSR count). The highest BCUT2D eigenvalue weighted by atomic mass is 19.4. The summed E-state index contributed by atoms with van der Waals surface area (Å²) in [5.74, 6) is -5.19. The Morgan fingerprint density at radius 1 is 0.707 bits per heavy atom. The third-order valence-electron chi connectivity index (χ3n) is 9.28. The van der Waals surface area contributed by atoms with Gasteiger partial charge in [0.25, 0.3) is 0 Å². The molecule has 17 heteroatoms. The molecule has 0 saturated heterocycles. The average Bonchev–Trinajstić information content (AvgIpc) is 3.47. The number of aromatic hydroxyl groups is 1. The third-order valence-corrected chi connectivity index (χ3v) is 9.28. The molecule has 1 amide bonds. The number of fused-ring (bicyclic) bond motifs is 1. The van der Waals surface area contributed by atoms with E-state index in [2.05, 4.69) is 69.0 Å². The summed E-state index contributed by atoms with van der Waals surface area (Å²) in [5, 5.41) is 32.3. The Labute approximate surface area is 331 Å². The summed E-state index contributed by atoms with van der Waals surface area (Å²) in [6.45, 7) is 3.72. The molecule has 1 aromatic heterocycles. The summed E-state index contributed by atoms with van der Waals surface area (Å²) < 4.78 is 63.5. The molecule has 3 aromatic carbocycles. The zero-order valence-electron chi connectivity index (χ0n) is 31.7. The highest BCUT2D eigenvalue weighted by Crippen LogP contribution is 2.26. The molecular formula is C41H48F6N4O7. The first-order valence-corrected chi connectivity index (χ1v) is 18.8. The summed E-state index contributed by atoms with van der Waals surface area (Å²) in [7, 11) is 0. The Bertz CT molecular complexity index is 1940. The quantitative estimate of drug-likeness (QED) is 0.0442. The first kappa shape index (κ1) is 47.0. The van der Waals surface area contributed by atoms with E-state index in [-0.39, 0.29) is 17.2 Å². The molecular weight excluding hydrogens is 774 g/mol. The Morgan fingerprint density at radius 2 is 1.29 bits per heavy atom. The number of aromatic amines is 1. The number of carboxylic acid groups (broad SMARTS) is 2. The number of hydrogen-bond donors (Lipinski definition) is 6. The third kappa shape index (κ3) is 16.2. The molecule has 4 aromatic rings. The smallest absolute Gasteiger partial charge is 0.490 e. The number of carbonyl (C=O) groups excluding carboxylic acids is 1. The van der Waals surface area contributed by atoms with Crippen molar-refractivity contribution in [2.45, 2.75) is 76.2 Å². The second-order valence-electron chi connectivity index (χ2n) is 13.5. The van der Waals surface area contributed by atoms with Gasteiger partial charge in [-0.05, 0) is 73.2 Å². The molecule has 316 valence electrons. The number of H-pyrrole nitrogens is 1. The number of benzene rings is 3. The van der Waals surface area contributed by atoms with Crippen LogP contribution in [0.15, 0.2) is 83.7 Å². The summed E-state index contributed by atoms with van der Waals surface area (Å²) in [5.41, 5.74) is 5.08. The van der Waals surface area contributed by atoms with Crippen LogP contribution in [0.4, 0.5) is 26.3 Å². The first-order valence-electron chi connectivity index (χ1n) is 18.8. The molecule has 1 aliphatic rings. The van der Waals surface area contributed by atoms with E-state index in [1.165, 1.54) is 48.4 Å². The monoisotopic (exact) mass is 822 g/mol. The largest absolute Gasteiger partial charge is 0.506 e. The lowest BCUT2D eigenvalue weighted by Gasteiger charge is -2.32. The van der Waals surface area contributed by atoms with Gasteiger partial charge in [-0.15, -0.1) is 0 Å². The minimum Gasteiger partial charge on any atom is -0.506 e. The normalized spacial score (nSPS) is 13.3. The van der Waals surface area contributed by atoms with Crippen molar-refractivity contribution in [2.24, 2.45) is 0 Å². The molecule has 0 unspecified atom stereocenters. The highest BCUT2D eigenvalue weighted by Gasteiger charge is 2.39. The van der Waals surface area contributed by atoms with Crippen molar-refractivity contribution in [3.05, 3.63) is 100 Å². The van der Waals surface area contributed by atoms with Crippen molar-refractivity contribution < 1.29 is 56.0 Å². The van der Waals surface area contributed by atoms with Gasteiger partial charge in [-0.2, -0.15) is 26.3 Å². The van der Waals surface area contributed by atoms with Gasteiger partial charge in [0.2, 0.25) is 11.5 Å². The van der Waals surface area contributed by atoms with Gasteiger partial charge in [-0.1, -0.05) is 86.3 Å². The Balaban J connectivity index is 0.000000550. The second-order valence-corrected chi connectivity index (χ2v) is 13.5. The number of carboxylic acids is 2. The maximum Gasteiger partial charge on any atom is 0.490 e. The number of aromatic nitrogens is 1. The van der Waals surface area contributed by atoms with E-state index in [1.54, 1.807) is 12.1 Å². The van der Waals surface area contributed by atoms with E-state index in [0.717, 1.165) is 56.3 Å². The number of carbonyl (C=O) groups is 3. The summed E-state index contributed by atoms with van der Waals surface area (Å²) in [4.78, 5) is 47.9. The Morgan fingerprint density at radius 3 is 1.91 bits per heavy atom. The van der Waals surface area contributed by atoms with E-state index >= 15 is 0 Å². The number of nitrogens with one attached hydrogen (secondary N) is 3. The molecule has 1 saturated carbocycles. The van der Waals surface area contributed by atoms with Crippen molar-refractivity contribution in [1.29, 1.82) is 0 Å². The van der Waals surface area contributed by atoms with E-state index in [9.17, 15) is 41.0 Å². The minimum absolute atomic E-state index is 0.0821. The summed E-state index contributed by atoms with van der Waals surface area (Å²) in [6.07, 6.45) is -0.876. The maximum absolute atomic E-state index is 13.5. The van der Waals surface area contributed by atoms with Gasteiger partial charge in [0.05, 0.1) is 5.52 Å². The number of rotatable bonds is 14. The fraction of sp³-hybridized carbons (Fsp3) is 0.415. The Kier molecular flexibility index (Phi) is 18.7. The van der Waals surface area contributed by atoms with Gasteiger partial charge in [0.15, 0.2) is 0 Å². The topological polar surface area (TPSA) is 172 Å². The number of amides is 1. The summed E-state index contributed by atoms with van der Waals surface area (Å²) in [6, 6.07) is 26.3. The number of hydrogen-bond acceptors (Lipinski definition) is 7. The van der Waals surface area contributed by atoms with Crippen LogP contribution in [-0.2, 0) is 27.2 Å². The van der Waals surface area contributed by atoms with Crippen molar-refractivity contribution in [3.8, 4) is 16.9 Å². The van der Waals surface area contributed by atoms with Crippen molar-refractivity contribution in [2.75, 3.05) is 32.7 Å². The van der Waals surface area contributed by atoms with Crippen LogP contribution in [0.1, 0.15) is 56.1 Å². The molecule has 11 nitrogen and oxygen atoms in total. The number of phenols is 1. The van der Waals surface area contributed by atoms with Crippen LogP contribution in [0.25, 0.3) is 22.0 Å². The van der Waals surface area contributed by atoms with Crippen LogP contribution in [0.2, 0.25) is 0 Å². The zero-order chi connectivity index (χ0) is 42.7. The molecule has 0 aliphatic heterocycles. The molecule has 6 N–H and O–H groups in total. The van der Waals surface area contributed by atoms with Crippen LogP contribution in [0.5, 0.6) is 5.75 Å². The molecule has 0 spiro atoms. The lowest BCUT2D eigenvalue weighted by molar-refractivity contribution is -0.193. The van der Waals surface area contributed by atoms with Gasteiger partial charge in [0.1, 0.15) is 5.75 Å². The molecule has 1 fully saturated rings. The number of halogens is 6. The number of aliphatic carboxylic acids is 2. The van der Waals surface area contributed by atoms with Crippen LogP contribution in [0, 0.1) is 0 Å². The average molecular weight is 823 g/mol. The van der Waals surface area contributed by atoms with Gasteiger partial charge < -0.3 is 35.8 Å². The maximum atomic E-state index is 13.5. The fourth-order valence-electron chi connectivity index (χ4n) is 6.38. The van der Waals surface area contributed by atoms with Crippen molar-refractivity contribution in [1.82, 2.24) is 20.5 Å². The number of pyridine rings is 1. The van der Waals surface area contributed by atoms with E-state index in [1.807, 2.05) is 12.1 Å². The lowest BCUT2D eigenvalue weighted by atomic mass is 10.0. The highest BCUT2D eigenvalue weighted by molar-refractivity contribution is 5.87. The predicted octanol–water partition coefficient (Wildman–Crippen LogP) is 7.07. The predicted molar refractivity (Wildman–Crippen MR) is 206 cm³/mol. The molecule has 1 heterocycles. The molecule has 1 aliphatic carbocycles. The van der Waals surface area contributed by atoms with Crippen molar-refractivity contribution >= 4 is 28.7 Å². The number of phenolic OH excluding ortho intramolecular Hbond substituents is 1. The first-order chi connectivity index (χ1) is 27.5. The molecule has 0 atom stereocenters. The molecule has 58 heavy (non-hydrogen) atoms. The standard InChI is InChI=1S/C37H46N4O3.2C2HF3O2/c42-34-17-15-30(33-16-18-35(43)40-37(33)34)20-23-39-25-26-41(32-13-6-1-2-7-14-32)36(44)21-24-38-22-19-28-9-8-12-31(27-28)29-10-4-3-5-11-29;2*3-2(4,5)1(6)7/h3-5,8-12,15-18,27,32,38-39,42H,1-2,6-7,13-14,19-26H2,(H,40,43);2*(H,6,7). The lowest BCUT2D eigenvalue weighted by Crippen LogP contribution is -2.45. The van der Waals surface area contributed by atoms with Crippen molar-refractivity contribution in [3.63, 3.8) is 0 Å². The second kappa shape index (κ2) is 23.1.